The van der Waals surface area contributed by atoms with E-state index >= 15 is 0 Å². The smallest absolute Gasteiger partial charge is 0.249 e. The highest BCUT2D eigenvalue weighted by Gasteiger charge is 2.08. The minimum absolute atomic E-state index is 0.430. The normalized spacial score (nSPS) is 11.3. The molecule has 0 bridgehead atoms. The van der Waals surface area contributed by atoms with Crippen molar-refractivity contribution in [3.63, 3.8) is 0 Å². The minimum atomic E-state index is -0.485. The average Bonchev–Trinajstić information content (AvgIpc) is 2.38. The van der Waals surface area contributed by atoms with Crippen LogP contribution in [-0.4, -0.2) is 10.9 Å². The maximum Gasteiger partial charge on any atom is 0.249 e. The van der Waals surface area contributed by atoms with E-state index in [-0.39, 0.29) is 0 Å². The maximum atomic E-state index is 11.5. The summed E-state index contributed by atoms with van der Waals surface area (Å²) in [5, 5.41) is 0.615. The molecule has 1 aromatic heterocycles. The first-order valence-corrected chi connectivity index (χ1v) is 5.72. The Kier molecular flexibility index (Phi) is 3.75. The summed E-state index contributed by atoms with van der Waals surface area (Å²) in [6.45, 7) is 0. The van der Waals surface area contributed by atoms with Gasteiger partial charge >= 0.3 is 0 Å². The number of hydrogen-bond acceptors (Lipinski definition) is 2. The number of pyridine rings is 1. The zero-order chi connectivity index (χ0) is 13.0. The molecule has 1 heterocycles. The predicted octanol–water partition coefficient (Wildman–Crippen LogP) is 2.76. The summed E-state index contributed by atoms with van der Waals surface area (Å²) < 4.78 is 0. The minimum Gasteiger partial charge on any atom is -0.366 e. The van der Waals surface area contributed by atoms with Gasteiger partial charge in [-0.15, -0.1) is 0 Å². The third-order valence-corrected chi connectivity index (χ3v) is 2.67. The largest absolute Gasteiger partial charge is 0.366 e. The Bertz CT molecular complexity index is 577. The highest BCUT2D eigenvalue weighted by atomic mass is 35.5. The molecule has 2 aromatic rings. The molecule has 0 aliphatic carbocycles. The summed E-state index contributed by atoms with van der Waals surface area (Å²) in [5.41, 5.74) is 7.38. The van der Waals surface area contributed by atoms with Gasteiger partial charge in [0.05, 0.1) is 0 Å². The Hall–Kier alpha value is -2.13. The number of rotatable bonds is 3. The van der Waals surface area contributed by atoms with Gasteiger partial charge in [0.15, 0.2) is 0 Å². The van der Waals surface area contributed by atoms with Crippen LogP contribution in [0.3, 0.4) is 0 Å². The lowest BCUT2D eigenvalue weighted by Crippen LogP contribution is -2.12. The van der Waals surface area contributed by atoms with Gasteiger partial charge in [-0.2, -0.15) is 0 Å². The van der Waals surface area contributed by atoms with Crippen molar-refractivity contribution < 1.29 is 4.79 Å². The zero-order valence-corrected chi connectivity index (χ0v) is 10.3. The standard InChI is InChI=1S/C14H11ClN2O/c15-12-5-3-11(4-6-12)13(14(16)18)8-10-2-1-7-17-9-10/h1-9H,(H2,16,18)/b13-8+. The van der Waals surface area contributed by atoms with E-state index < -0.39 is 5.91 Å². The second kappa shape index (κ2) is 5.47. The lowest BCUT2D eigenvalue weighted by atomic mass is 10.0. The van der Waals surface area contributed by atoms with Crippen molar-refractivity contribution in [1.82, 2.24) is 4.98 Å². The van der Waals surface area contributed by atoms with Crippen LogP contribution in [0.2, 0.25) is 5.02 Å². The highest BCUT2D eigenvalue weighted by molar-refractivity contribution is 6.30. The molecule has 18 heavy (non-hydrogen) atoms. The first kappa shape index (κ1) is 12.3. The quantitative estimate of drug-likeness (QED) is 0.861. The second-order valence-corrected chi connectivity index (χ2v) is 4.15. The third kappa shape index (κ3) is 2.96. The van der Waals surface area contributed by atoms with Crippen molar-refractivity contribution in [2.24, 2.45) is 5.73 Å². The van der Waals surface area contributed by atoms with E-state index in [2.05, 4.69) is 4.98 Å². The monoisotopic (exact) mass is 258 g/mol. The van der Waals surface area contributed by atoms with E-state index in [1.54, 1.807) is 48.8 Å². The Morgan fingerprint density at radius 1 is 1.22 bits per heavy atom. The Labute approximate surface area is 110 Å². The lowest BCUT2D eigenvalue weighted by Gasteiger charge is -2.04. The molecule has 0 atom stereocenters. The van der Waals surface area contributed by atoms with E-state index in [0.29, 0.717) is 10.6 Å². The molecule has 0 saturated heterocycles. The topological polar surface area (TPSA) is 56.0 Å². The molecule has 4 heteroatoms. The van der Waals surface area contributed by atoms with Gasteiger partial charge in [-0.25, -0.2) is 0 Å². The molecule has 0 aliphatic heterocycles. The number of carbonyl (C=O) groups is 1. The number of amides is 1. The van der Waals surface area contributed by atoms with Crippen molar-refractivity contribution in [2.75, 3.05) is 0 Å². The van der Waals surface area contributed by atoms with Crippen LogP contribution in [0.15, 0.2) is 48.8 Å². The fourth-order valence-corrected chi connectivity index (χ4v) is 1.68. The van der Waals surface area contributed by atoms with E-state index in [0.717, 1.165) is 11.1 Å². The molecule has 0 spiro atoms. The summed E-state index contributed by atoms with van der Waals surface area (Å²) in [7, 11) is 0. The summed E-state index contributed by atoms with van der Waals surface area (Å²) >= 11 is 5.81. The zero-order valence-electron chi connectivity index (χ0n) is 9.51. The van der Waals surface area contributed by atoms with E-state index in [4.69, 9.17) is 17.3 Å². The molecule has 0 saturated carbocycles. The van der Waals surface area contributed by atoms with Crippen molar-refractivity contribution >= 4 is 29.2 Å². The second-order valence-electron chi connectivity index (χ2n) is 3.72. The number of hydrogen-bond donors (Lipinski definition) is 1. The van der Waals surface area contributed by atoms with Gasteiger partial charge in [-0.3, -0.25) is 9.78 Å². The summed E-state index contributed by atoms with van der Waals surface area (Å²) in [5.74, 6) is -0.485. The van der Waals surface area contributed by atoms with E-state index in [1.165, 1.54) is 0 Å². The van der Waals surface area contributed by atoms with E-state index in [9.17, 15) is 4.79 Å². The van der Waals surface area contributed by atoms with Gasteiger partial charge < -0.3 is 5.73 Å². The molecule has 2 rings (SSSR count). The number of aromatic nitrogens is 1. The first-order valence-electron chi connectivity index (χ1n) is 5.34. The molecule has 0 fully saturated rings. The average molecular weight is 259 g/mol. The number of primary amides is 1. The van der Waals surface area contributed by atoms with Gasteiger partial charge in [0, 0.05) is 23.0 Å². The van der Waals surface area contributed by atoms with Crippen LogP contribution in [0.5, 0.6) is 0 Å². The Morgan fingerprint density at radius 2 is 1.94 bits per heavy atom. The molecule has 3 nitrogen and oxygen atoms in total. The van der Waals surface area contributed by atoms with Gasteiger partial charge in [-0.05, 0) is 35.4 Å². The number of nitrogens with two attached hydrogens (primary N) is 1. The SMILES string of the molecule is NC(=O)/C(=C/c1cccnc1)c1ccc(Cl)cc1. The molecule has 0 radical (unpaired) electrons. The van der Waals surface area contributed by atoms with Crippen molar-refractivity contribution in [1.29, 1.82) is 0 Å². The van der Waals surface area contributed by atoms with Gasteiger partial charge in [-0.1, -0.05) is 29.8 Å². The van der Waals surface area contributed by atoms with Gasteiger partial charge in [0.1, 0.15) is 0 Å². The van der Waals surface area contributed by atoms with Crippen molar-refractivity contribution in [3.05, 3.63) is 64.9 Å². The van der Waals surface area contributed by atoms with Gasteiger partial charge in [0.25, 0.3) is 0 Å². The third-order valence-electron chi connectivity index (χ3n) is 2.42. The molecular weight excluding hydrogens is 248 g/mol. The Morgan fingerprint density at radius 3 is 2.50 bits per heavy atom. The maximum absolute atomic E-state index is 11.5. The summed E-state index contributed by atoms with van der Waals surface area (Å²) in [6, 6.07) is 10.6. The lowest BCUT2D eigenvalue weighted by molar-refractivity contribution is -0.112. The predicted molar refractivity (Wildman–Crippen MR) is 72.8 cm³/mol. The molecule has 0 aliphatic rings. The van der Waals surface area contributed by atoms with Crippen LogP contribution in [0.1, 0.15) is 11.1 Å². The molecular formula is C14H11ClN2O. The van der Waals surface area contributed by atoms with Crippen LogP contribution in [-0.2, 0) is 4.79 Å². The summed E-state index contributed by atoms with van der Waals surface area (Å²) in [6.07, 6.45) is 5.04. The van der Waals surface area contributed by atoms with Gasteiger partial charge in [0.2, 0.25) is 5.91 Å². The van der Waals surface area contributed by atoms with Crippen LogP contribution < -0.4 is 5.73 Å². The van der Waals surface area contributed by atoms with Crippen molar-refractivity contribution in [3.8, 4) is 0 Å². The first-order chi connectivity index (χ1) is 8.66. The molecule has 1 aromatic carbocycles. The van der Waals surface area contributed by atoms with Crippen LogP contribution in [0, 0.1) is 0 Å². The molecule has 1 amide bonds. The van der Waals surface area contributed by atoms with Crippen LogP contribution in [0.4, 0.5) is 0 Å². The number of nitrogens with zero attached hydrogens (tertiary/aromatic N) is 1. The number of benzene rings is 1. The van der Waals surface area contributed by atoms with Crippen LogP contribution >= 0.6 is 11.6 Å². The highest BCUT2D eigenvalue weighted by Crippen LogP contribution is 2.19. The molecule has 0 unspecified atom stereocenters. The fourth-order valence-electron chi connectivity index (χ4n) is 1.55. The molecule has 90 valence electrons. The Balaban J connectivity index is 2.44. The summed E-state index contributed by atoms with van der Waals surface area (Å²) in [4.78, 5) is 15.5. The number of halogens is 1. The van der Waals surface area contributed by atoms with E-state index in [1.807, 2.05) is 6.07 Å². The fraction of sp³-hybridized carbons (Fsp3) is 0. The number of carbonyl (C=O) groups excluding carboxylic acids is 1. The molecule has 2 N–H and O–H groups in total. The van der Waals surface area contributed by atoms with Crippen LogP contribution in [0.25, 0.3) is 11.6 Å². The van der Waals surface area contributed by atoms with Crippen molar-refractivity contribution in [2.45, 2.75) is 0 Å².